The van der Waals surface area contributed by atoms with E-state index in [0.29, 0.717) is 24.5 Å². The third-order valence-electron chi connectivity index (χ3n) is 2.87. The number of nitrogens with zero attached hydrogens (tertiary/aromatic N) is 2. The molecular formula is C11H14N2O2. The molecule has 2 heterocycles. The summed E-state index contributed by atoms with van der Waals surface area (Å²) in [7, 11) is 0. The van der Waals surface area contributed by atoms with Crippen molar-refractivity contribution < 1.29 is 9.90 Å². The molecule has 0 aromatic carbocycles. The van der Waals surface area contributed by atoms with E-state index in [0.717, 1.165) is 12.7 Å². The highest BCUT2D eigenvalue weighted by Gasteiger charge is 2.40. The number of carbonyl (C=O) groups excluding carboxylic acids is 1. The van der Waals surface area contributed by atoms with Crippen LogP contribution in [0.5, 0.6) is 0 Å². The molecule has 0 aliphatic carbocycles. The predicted octanol–water partition coefficient (Wildman–Crippen LogP) is 0.855. The number of aldehydes is 1. The van der Waals surface area contributed by atoms with Crippen LogP contribution in [-0.2, 0) is 0 Å². The summed E-state index contributed by atoms with van der Waals surface area (Å²) in [4.78, 5) is 16.9. The van der Waals surface area contributed by atoms with Crippen molar-refractivity contribution in [3.63, 3.8) is 0 Å². The van der Waals surface area contributed by atoms with Crippen molar-refractivity contribution in [3.8, 4) is 0 Å². The second kappa shape index (κ2) is 3.62. The number of hydrogen-bond acceptors (Lipinski definition) is 4. The first kappa shape index (κ1) is 10.1. The Bertz CT molecular complexity index is 373. The zero-order valence-corrected chi connectivity index (χ0v) is 8.68. The maximum absolute atomic E-state index is 10.8. The molecule has 1 fully saturated rings. The quantitative estimate of drug-likeness (QED) is 0.745. The summed E-state index contributed by atoms with van der Waals surface area (Å²) in [6.07, 6.45) is 3.18. The summed E-state index contributed by atoms with van der Waals surface area (Å²) < 4.78 is 0. The van der Waals surface area contributed by atoms with Crippen molar-refractivity contribution in [1.29, 1.82) is 0 Å². The van der Waals surface area contributed by atoms with Crippen LogP contribution in [-0.4, -0.2) is 35.1 Å². The molecule has 4 heteroatoms. The second-order valence-electron chi connectivity index (χ2n) is 3.97. The Morgan fingerprint density at radius 1 is 1.67 bits per heavy atom. The number of carbonyl (C=O) groups is 1. The number of aromatic nitrogens is 1. The van der Waals surface area contributed by atoms with Crippen LogP contribution in [0.4, 0.5) is 5.82 Å². The second-order valence-corrected chi connectivity index (χ2v) is 3.97. The van der Waals surface area contributed by atoms with E-state index in [1.54, 1.807) is 18.3 Å². The summed E-state index contributed by atoms with van der Waals surface area (Å²) in [6, 6.07) is 3.47. The molecule has 1 aromatic heterocycles. The summed E-state index contributed by atoms with van der Waals surface area (Å²) >= 11 is 0. The SMILES string of the molecule is CCC1(O)CN(c2ncccc2C=O)C1. The summed E-state index contributed by atoms with van der Waals surface area (Å²) in [5.41, 5.74) is -0.0202. The van der Waals surface area contributed by atoms with Gasteiger partial charge in [0.15, 0.2) is 6.29 Å². The third kappa shape index (κ3) is 1.72. The van der Waals surface area contributed by atoms with Gasteiger partial charge in [0.2, 0.25) is 0 Å². The van der Waals surface area contributed by atoms with Gasteiger partial charge in [-0.25, -0.2) is 4.98 Å². The molecule has 0 unspecified atom stereocenters. The predicted molar refractivity (Wildman–Crippen MR) is 57.1 cm³/mol. The van der Waals surface area contributed by atoms with Gasteiger partial charge in [0.25, 0.3) is 0 Å². The van der Waals surface area contributed by atoms with E-state index in [2.05, 4.69) is 4.98 Å². The highest BCUT2D eigenvalue weighted by molar-refractivity contribution is 5.83. The highest BCUT2D eigenvalue weighted by Crippen LogP contribution is 2.29. The molecule has 1 aliphatic rings. The Kier molecular flexibility index (Phi) is 2.44. The minimum absolute atomic E-state index is 0.557. The zero-order valence-electron chi connectivity index (χ0n) is 8.68. The van der Waals surface area contributed by atoms with E-state index >= 15 is 0 Å². The van der Waals surface area contributed by atoms with Gasteiger partial charge in [-0.15, -0.1) is 0 Å². The number of rotatable bonds is 3. The minimum atomic E-state index is -0.600. The van der Waals surface area contributed by atoms with Gasteiger partial charge in [-0.3, -0.25) is 4.79 Å². The maximum atomic E-state index is 10.8. The van der Waals surface area contributed by atoms with Gasteiger partial charge >= 0.3 is 0 Å². The number of pyridine rings is 1. The van der Waals surface area contributed by atoms with E-state index in [-0.39, 0.29) is 0 Å². The average molecular weight is 206 g/mol. The molecule has 4 nitrogen and oxygen atoms in total. The van der Waals surface area contributed by atoms with E-state index in [1.165, 1.54) is 0 Å². The molecule has 15 heavy (non-hydrogen) atoms. The Labute approximate surface area is 88.6 Å². The maximum Gasteiger partial charge on any atom is 0.153 e. The van der Waals surface area contributed by atoms with Crippen molar-refractivity contribution in [2.75, 3.05) is 18.0 Å². The monoisotopic (exact) mass is 206 g/mol. The van der Waals surface area contributed by atoms with Crippen LogP contribution in [0.1, 0.15) is 23.7 Å². The zero-order chi connectivity index (χ0) is 10.9. The topological polar surface area (TPSA) is 53.4 Å². The molecule has 2 rings (SSSR count). The number of anilines is 1. The third-order valence-corrected chi connectivity index (χ3v) is 2.87. The molecule has 1 aliphatic heterocycles. The Morgan fingerprint density at radius 2 is 2.40 bits per heavy atom. The van der Waals surface area contributed by atoms with Crippen molar-refractivity contribution in [3.05, 3.63) is 23.9 Å². The van der Waals surface area contributed by atoms with Gasteiger partial charge in [0.05, 0.1) is 11.2 Å². The van der Waals surface area contributed by atoms with E-state index in [9.17, 15) is 9.90 Å². The molecule has 0 atom stereocenters. The lowest BCUT2D eigenvalue weighted by Gasteiger charge is -2.47. The van der Waals surface area contributed by atoms with E-state index in [4.69, 9.17) is 0 Å². The van der Waals surface area contributed by atoms with Crippen molar-refractivity contribution in [1.82, 2.24) is 4.98 Å². The van der Waals surface area contributed by atoms with Gasteiger partial charge in [0, 0.05) is 19.3 Å². The summed E-state index contributed by atoms with van der Waals surface area (Å²) in [5, 5.41) is 9.86. The molecule has 0 radical (unpaired) electrons. The fraction of sp³-hybridized carbons (Fsp3) is 0.455. The summed E-state index contributed by atoms with van der Waals surface area (Å²) in [6.45, 7) is 3.07. The molecule has 80 valence electrons. The van der Waals surface area contributed by atoms with Crippen LogP contribution in [0.15, 0.2) is 18.3 Å². The number of aliphatic hydroxyl groups is 1. The number of hydrogen-bond donors (Lipinski definition) is 1. The lowest BCUT2D eigenvalue weighted by atomic mass is 9.91. The van der Waals surface area contributed by atoms with Gasteiger partial charge in [-0.2, -0.15) is 0 Å². The Balaban J connectivity index is 2.16. The number of β-amino-alcohol motifs (C(OH)–C–C–N with tert-alkyl or cyclic N) is 1. The van der Waals surface area contributed by atoms with E-state index in [1.807, 2.05) is 11.8 Å². The lowest BCUT2D eigenvalue weighted by molar-refractivity contribution is 0.00798. The van der Waals surface area contributed by atoms with E-state index < -0.39 is 5.60 Å². The van der Waals surface area contributed by atoms with Crippen LogP contribution in [0.2, 0.25) is 0 Å². The van der Waals surface area contributed by atoms with Crippen LogP contribution in [0, 0.1) is 0 Å². The molecule has 1 N–H and O–H groups in total. The smallest absolute Gasteiger partial charge is 0.153 e. The van der Waals surface area contributed by atoms with Crippen molar-refractivity contribution in [2.45, 2.75) is 18.9 Å². The average Bonchev–Trinajstić information content (AvgIpc) is 2.25. The molecule has 0 saturated carbocycles. The van der Waals surface area contributed by atoms with Crippen LogP contribution >= 0.6 is 0 Å². The normalized spacial score (nSPS) is 18.4. The molecular weight excluding hydrogens is 192 g/mol. The fourth-order valence-electron chi connectivity index (χ4n) is 1.80. The molecule has 0 amide bonds. The molecule has 0 spiro atoms. The molecule has 1 saturated heterocycles. The van der Waals surface area contributed by atoms with Gasteiger partial charge in [-0.05, 0) is 18.6 Å². The molecule has 0 bridgehead atoms. The molecule has 1 aromatic rings. The summed E-state index contributed by atoms with van der Waals surface area (Å²) in [5.74, 6) is 0.672. The fourth-order valence-corrected chi connectivity index (χ4v) is 1.80. The van der Waals surface area contributed by atoms with Crippen LogP contribution < -0.4 is 4.90 Å². The standard InChI is InChI=1S/C11H14N2O2/c1-2-11(15)7-13(8-11)10-9(6-14)4-3-5-12-10/h3-6,15H,2,7-8H2,1H3. The highest BCUT2D eigenvalue weighted by atomic mass is 16.3. The largest absolute Gasteiger partial charge is 0.386 e. The lowest BCUT2D eigenvalue weighted by Crippen LogP contribution is -2.62. The first-order valence-electron chi connectivity index (χ1n) is 5.06. The van der Waals surface area contributed by atoms with Gasteiger partial charge in [0.1, 0.15) is 5.82 Å². The first-order chi connectivity index (χ1) is 7.18. The van der Waals surface area contributed by atoms with Gasteiger partial charge in [-0.1, -0.05) is 6.92 Å². The Morgan fingerprint density at radius 3 is 3.00 bits per heavy atom. The Hall–Kier alpha value is -1.42. The van der Waals surface area contributed by atoms with Crippen LogP contribution in [0.3, 0.4) is 0 Å². The van der Waals surface area contributed by atoms with Crippen LogP contribution in [0.25, 0.3) is 0 Å². The minimum Gasteiger partial charge on any atom is -0.386 e. The van der Waals surface area contributed by atoms with Crippen molar-refractivity contribution >= 4 is 12.1 Å². The first-order valence-corrected chi connectivity index (χ1v) is 5.06. The van der Waals surface area contributed by atoms with Crippen molar-refractivity contribution in [2.24, 2.45) is 0 Å². The van der Waals surface area contributed by atoms with Gasteiger partial charge < -0.3 is 10.0 Å².